The Labute approximate surface area is 236 Å². The van der Waals surface area contributed by atoms with Gasteiger partial charge < -0.3 is 9.80 Å². The topological polar surface area (TPSA) is 61.7 Å². The van der Waals surface area contributed by atoms with E-state index in [4.69, 9.17) is 0 Å². The van der Waals surface area contributed by atoms with E-state index in [2.05, 4.69) is 16.5 Å². The minimum atomic E-state index is -4.89. The van der Waals surface area contributed by atoms with Crippen LogP contribution in [0.25, 0.3) is 22.0 Å². The van der Waals surface area contributed by atoms with Gasteiger partial charge in [0.05, 0.1) is 11.1 Å². The minimum Gasteiger partial charge on any atom is -0.352 e. The number of hydrogen-bond acceptors (Lipinski definition) is 6. The lowest BCUT2D eigenvalue weighted by atomic mass is 9.95. The van der Waals surface area contributed by atoms with Gasteiger partial charge in [0.2, 0.25) is 5.91 Å². The molecule has 3 aliphatic heterocycles. The smallest absolute Gasteiger partial charge is 0.352 e. The molecular weight excluding hydrogens is 565 g/mol. The highest BCUT2D eigenvalue weighted by Gasteiger charge is 2.40. The molecule has 4 heterocycles. The molecule has 1 unspecified atom stereocenters. The number of aromatic nitrogens is 2. The van der Waals surface area contributed by atoms with Crippen molar-refractivity contribution in [3.63, 3.8) is 0 Å². The first-order valence-corrected chi connectivity index (χ1v) is 14.2. The molecular formula is C28H26F5N5O2S. The van der Waals surface area contributed by atoms with E-state index in [0.717, 1.165) is 49.5 Å². The molecule has 13 heteroatoms. The Kier molecular flexibility index (Phi) is 7.05. The summed E-state index contributed by atoms with van der Waals surface area (Å²) in [5, 5.41) is 0.124. The fraction of sp³-hybridized carbons (Fsp3) is 0.393. The predicted octanol–water partition coefficient (Wildman–Crippen LogP) is 4.38. The molecule has 2 fully saturated rings. The van der Waals surface area contributed by atoms with Crippen molar-refractivity contribution in [2.24, 2.45) is 0 Å². The van der Waals surface area contributed by atoms with Crippen molar-refractivity contribution in [3.8, 4) is 11.1 Å². The van der Waals surface area contributed by atoms with Crippen LogP contribution in [0.2, 0.25) is 0 Å². The molecule has 216 valence electrons. The summed E-state index contributed by atoms with van der Waals surface area (Å²) in [4.78, 5) is 35.5. The molecule has 0 bridgehead atoms. The van der Waals surface area contributed by atoms with Gasteiger partial charge in [-0.1, -0.05) is 6.58 Å². The minimum absolute atomic E-state index is 0.0906. The second-order valence-corrected chi connectivity index (χ2v) is 11.4. The number of thioether (sulfide) groups is 1. The maximum absolute atomic E-state index is 15.1. The highest BCUT2D eigenvalue weighted by Crippen LogP contribution is 2.49. The van der Waals surface area contributed by atoms with Crippen molar-refractivity contribution >= 4 is 34.4 Å². The summed E-state index contributed by atoms with van der Waals surface area (Å²) in [6, 6.07) is 3.29. The summed E-state index contributed by atoms with van der Waals surface area (Å²) in [7, 11) is 0. The molecule has 3 aliphatic rings. The normalized spacial score (nSPS) is 19.7. The summed E-state index contributed by atoms with van der Waals surface area (Å²) >= 11 is 1.15. The number of nitrogens with zero attached hydrogens (tertiary/aromatic N) is 5. The van der Waals surface area contributed by atoms with Crippen LogP contribution in [0.5, 0.6) is 0 Å². The Balaban J connectivity index is 1.61. The lowest BCUT2D eigenvalue weighted by molar-refractivity contribution is -0.137. The first-order chi connectivity index (χ1) is 19.6. The van der Waals surface area contributed by atoms with Gasteiger partial charge in [0.25, 0.3) is 0 Å². The van der Waals surface area contributed by atoms with E-state index < -0.39 is 34.6 Å². The molecule has 2 saturated heterocycles. The van der Waals surface area contributed by atoms with Crippen LogP contribution in [0.1, 0.15) is 12.0 Å². The zero-order valence-corrected chi connectivity index (χ0v) is 22.7. The van der Waals surface area contributed by atoms with E-state index in [1.54, 1.807) is 9.80 Å². The highest BCUT2D eigenvalue weighted by molar-refractivity contribution is 7.99. The van der Waals surface area contributed by atoms with Crippen LogP contribution in [0.4, 0.5) is 27.8 Å². The van der Waals surface area contributed by atoms with Crippen molar-refractivity contribution < 1.29 is 26.7 Å². The Hall–Kier alpha value is -3.45. The van der Waals surface area contributed by atoms with Gasteiger partial charge in [0.15, 0.2) is 0 Å². The number of carbonyl (C=O) groups is 1. The number of benzene rings is 2. The van der Waals surface area contributed by atoms with Crippen molar-refractivity contribution in [2.75, 3.05) is 49.9 Å². The Morgan fingerprint density at radius 1 is 1.07 bits per heavy atom. The fourth-order valence-corrected chi connectivity index (χ4v) is 7.16. The van der Waals surface area contributed by atoms with Crippen molar-refractivity contribution in [2.45, 2.75) is 30.1 Å². The van der Waals surface area contributed by atoms with Gasteiger partial charge >= 0.3 is 11.9 Å². The molecule has 6 rings (SSSR count). The number of alkyl halides is 3. The summed E-state index contributed by atoms with van der Waals surface area (Å²) in [5.74, 6) is -1.82. The van der Waals surface area contributed by atoms with Crippen molar-refractivity contribution in [1.29, 1.82) is 0 Å². The van der Waals surface area contributed by atoms with Crippen LogP contribution in [-0.4, -0.2) is 76.3 Å². The van der Waals surface area contributed by atoms with Gasteiger partial charge in [-0.05, 0) is 43.8 Å². The highest BCUT2D eigenvalue weighted by atomic mass is 32.2. The number of hydrogen-bond donors (Lipinski definition) is 0. The van der Waals surface area contributed by atoms with E-state index in [9.17, 15) is 27.2 Å². The van der Waals surface area contributed by atoms with Gasteiger partial charge in [0.1, 0.15) is 17.5 Å². The molecule has 2 aromatic carbocycles. The molecule has 0 N–H and O–H groups in total. The first kappa shape index (κ1) is 27.7. The van der Waals surface area contributed by atoms with E-state index in [1.807, 2.05) is 0 Å². The maximum Gasteiger partial charge on any atom is 0.417 e. The fourth-order valence-electron chi connectivity index (χ4n) is 5.76. The summed E-state index contributed by atoms with van der Waals surface area (Å²) in [5.41, 5.74) is -2.25. The average molecular weight is 592 g/mol. The molecule has 1 aromatic heterocycles. The van der Waals surface area contributed by atoms with Crippen molar-refractivity contribution in [3.05, 3.63) is 64.6 Å². The van der Waals surface area contributed by atoms with E-state index >= 15 is 4.39 Å². The molecule has 0 saturated carbocycles. The number of piperazine rings is 1. The quantitative estimate of drug-likeness (QED) is 0.332. The van der Waals surface area contributed by atoms with Crippen LogP contribution >= 0.6 is 11.8 Å². The van der Waals surface area contributed by atoms with Crippen LogP contribution < -0.4 is 10.6 Å². The second-order valence-electron chi connectivity index (χ2n) is 10.3. The summed E-state index contributed by atoms with van der Waals surface area (Å²) < 4.78 is 74.6. The third-order valence-corrected chi connectivity index (χ3v) is 9.23. The zero-order valence-electron chi connectivity index (χ0n) is 21.9. The summed E-state index contributed by atoms with van der Waals surface area (Å²) in [6.07, 6.45) is -2.71. The Morgan fingerprint density at radius 3 is 2.41 bits per heavy atom. The molecule has 1 amide bonds. The molecule has 3 aromatic rings. The van der Waals surface area contributed by atoms with Gasteiger partial charge in [-0.15, -0.1) is 11.8 Å². The molecule has 0 radical (unpaired) electrons. The number of likely N-dealkylation sites (tertiary alicyclic amines) is 1. The van der Waals surface area contributed by atoms with Crippen molar-refractivity contribution in [1.82, 2.24) is 19.4 Å². The number of carbonyl (C=O) groups excluding carboxylic acids is 1. The summed E-state index contributed by atoms with van der Waals surface area (Å²) in [6.45, 7) is 6.40. The van der Waals surface area contributed by atoms with Crippen LogP contribution in [0.3, 0.4) is 0 Å². The van der Waals surface area contributed by atoms with E-state index in [0.29, 0.717) is 11.8 Å². The van der Waals surface area contributed by atoms with E-state index in [-0.39, 0.29) is 71.9 Å². The van der Waals surface area contributed by atoms with E-state index in [1.165, 1.54) is 10.6 Å². The zero-order chi connectivity index (χ0) is 29.1. The third kappa shape index (κ3) is 4.88. The van der Waals surface area contributed by atoms with Crippen LogP contribution in [-0.2, 0) is 17.5 Å². The maximum atomic E-state index is 15.1. The molecule has 0 aliphatic carbocycles. The lowest BCUT2D eigenvalue weighted by Gasteiger charge is -2.38. The molecule has 0 spiro atoms. The predicted molar refractivity (Wildman–Crippen MR) is 146 cm³/mol. The Bertz CT molecular complexity index is 1610. The largest absolute Gasteiger partial charge is 0.417 e. The van der Waals surface area contributed by atoms with Gasteiger partial charge in [-0.2, -0.15) is 18.2 Å². The first-order valence-electron chi connectivity index (χ1n) is 13.2. The van der Waals surface area contributed by atoms with Gasteiger partial charge in [0, 0.05) is 72.0 Å². The molecule has 7 nitrogen and oxygen atoms in total. The monoisotopic (exact) mass is 591 g/mol. The lowest BCUT2D eigenvalue weighted by Crippen LogP contribution is -2.50. The van der Waals surface area contributed by atoms with Crippen LogP contribution in [0.15, 0.2) is 46.6 Å². The average Bonchev–Trinajstić information content (AvgIpc) is 3.10. The Morgan fingerprint density at radius 2 is 1.80 bits per heavy atom. The van der Waals surface area contributed by atoms with Gasteiger partial charge in [-0.3, -0.25) is 14.3 Å². The van der Waals surface area contributed by atoms with Gasteiger partial charge in [-0.25, -0.2) is 13.6 Å². The number of rotatable bonds is 4. The SMILES string of the molecule is C=CC(=O)N1CCN(c2nc(=O)n3c4c(c(-c5ccc(F)cc5F)c(C(F)(F)F)cc24)SCC(N2CCC2)C3)CC1. The molecule has 1 atom stereocenters. The van der Waals surface area contributed by atoms with Crippen LogP contribution in [0, 0.1) is 11.6 Å². The standard InChI is InChI=1S/C28H26F5N5O2S/c1-2-22(39)36-8-10-37(11-9-36)26-19-13-20(28(31,32)33)23(18-5-4-16(29)12-21(18)30)25-24(19)38(27(40)34-26)14-17(15-41-25)35-6-3-7-35/h2,4-5,12-13,17H,1,3,6-11,14-15H2. The number of halogens is 5. The third-order valence-electron chi connectivity index (χ3n) is 7.99. The molecule has 41 heavy (non-hydrogen) atoms. The number of amides is 1. The second kappa shape index (κ2) is 10.4. The number of anilines is 1.